The van der Waals surface area contributed by atoms with Gasteiger partial charge in [-0.3, -0.25) is 5.84 Å². The number of aromatic nitrogens is 2. The molecule has 2 rings (SSSR count). The molecule has 1 atom stereocenters. The average molecular weight is 269 g/mol. The summed E-state index contributed by atoms with van der Waals surface area (Å²) in [6.45, 7) is 3.88. The molecule has 0 fully saturated rings. The van der Waals surface area contributed by atoms with Gasteiger partial charge in [-0.05, 0) is 42.6 Å². The molecular formula is C11H13ClN4S. The third-order valence-electron chi connectivity index (χ3n) is 2.64. The molecule has 1 aromatic carbocycles. The number of hydrogen-bond acceptors (Lipinski definition) is 5. The number of aryl methyl sites for hydroxylation is 2. The molecule has 0 spiro atoms. The summed E-state index contributed by atoms with van der Waals surface area (Å²) in [6.07, 6.45) is 0. The Bertz CT molecular complexity index is 526. The van der Waals surface area contributed by atoms with E-state index in [4.69, 9.17) is 17.4 Å². The number of halogens is 1. The summed E-state index contributed by atoms with van der Waals surface area (Å²) in [5.41, 5.74) is 5.72. The first kappa shape index (κ1) is 12.4. The van der Waals surface area contributed by atoms with Gasteiger partial charge in [0.25, 0.3) is 0 Å². The van der Waals surface area contributed by atoms with Crippen molar-refractivity contribution >= 4 is 23.1 Å². The lowest BCUT2D eigenvalue weighted by Gasteiger charge is -2.15. The second-order valence-corrected chi connectivity index (χ2v) is 5.02. The van der Waals surface area contributed by atoms with Crippen molar-refractivity contribution in [1.29, 1.82) is 0 Å². The topological polar surface area (TPSA) is 63.8 Å². The highest BCUT2D eigenvalue weighted by molar-refractivity contribution is 7.05. The number of benzene rings is 1. The van der Waals surface area contributed by atoms with E-state index in [0.717, 1.165) is 26.7 Å². The number of rotatable bonds is 3. The molecular weight excluding hydrogens is 256 g/mol. The summed E-state index contributed by atoms with van der Waals surface area (Å²) in [6, 6.07) is 5.78. The number of nitrogens with one attached hydrogen (secondary N) is 1. The summed E-state index contributed by atoms with van der Waals surface area (Å²) < 4.78 is 3.92. The number of nitrogens with two attached hydrogens (primary N) is 1. The first-order valence-corrected chi connectivity index (χ1v) is 6.29. The number of nitrogens with zero attached hydrogens (tertiary/aromatic N) is 2. The SMILES string of the molecule is Cc1ccc(C(NN)c2snnc2C)cc1Cl. The summed E-state index contributed by atoms with van der Waals surface area (Å²) in [7, 11) is 0. The van der Waals surface area contributed by atoms with Crippen LogP contribution in [-0.4, -0.2) is 9.59 Å². The van der Waals surface area contributed by atoms with Gasteiger partial charge in [-0.2, -0.15) is 0 Å². The Morgan fingerprint density at radius 2 is 2.18 bits per heavy atom. The van der Waals surface area contributed by atoms with E-state index >= 15 is 0 Å². The van der Waals surface area contributed by atoms with Crippen LogP contribution in [0.3, 0.4) is 0 Å². The fourth-order valence-electron chi connectivity index (χ4n) is 1.61. The van der Waals surface area contributed by atoms with E-state index in [-0.39, 0.29) is 6.04 Å². The van der Waals surface area contributed by atoms with Crippen LogP contribution in [0.1, 0.15) is 27.7 Å². The van der Waals surface area contributed by atoms with Crippen molar-refractivity contribution in [3.63, 3.8) is 0 Å². The molecule has 3 N–H and O–H groups in total. The summed E-state index contributed by atoms with van der Waals surface area (Å²) in [5, 5.41) is 4.73. The van der Waals surface area contributed by atoms with Crippen molar-refractivity contribution in [2.75, 3.05) is 0 Å². The Balaban J connectivity index is 2.42. The Morgan fingerprint density at radius 3 is 2.71 bits per heavy atom. The van der Waals surface area contributed by atoms with Crippen LogP contribution in [-0.2, 0) is 0 Å². The van der Waals surface area contributed by atoms with Gasteiger partial charge in [-0.15, -0.1) is 5.10 Å². The second kappa shape index (κ2) is 5.10. The van der Waals surface area contributed by atoms with Gasteiger partial charge in [0.2, 0.25) is 0 Å². The predicted molar refractivity (Wildman–Crippen MR) is 70.0 cm³/mol. The Kier molecular flexibility index (Phi) is 3.73. The minimum absolute atomic E-state index is 0.118. The lowest BCUT2D eigenvalue weighted by atomic mass is 10.0. The van der Waals surface area contributed by atoms with E-state index in [2.05, 4.69) is 15.0 Å². The molecule has 0 saturated carbocycles. The van der Waals surface area contributed by atoms with Crippen LogP contribution in [0.15, 0.2) is 18.2 Å². The van der Waals surface area contributed by atoms with Crippen LogP contribution in [0.5, 0.6) is 0 Å². The molecule has 17 heavy (non-hydrogen) atoms. The monoisotopic (exact) mass is 268 g/mol. The van der Waals surface area contributed by atoms with Crippen molar-refractivity contribution in [2.24, 2.45) is 5.84 Å². The first-order valence-electron chi connectivity index (χ1n) is 5.14. The highest BCUT2D eigenvalue weighted by Crippen LogP contribution is 2.28. The molecule has 0 bridgehead atoms. The molecule has 6 heteroatoms. The lowest BCUT2D eigenvalue weighted by Crippen LogP contribution is -2.28. The molecule has 0 amide bonds. The molecule has 2 aromatic rings. The number of hydrazine groups is 1. The maximum absolute atomic E-state index is 6.12. The minimum Gasteiger partial charge on any atom is -0.271 e. The predicted octanol–water partition coefficient (Wildman–Crippen LogP) is 2.36. The molecule has 4 nitrogen and oxygen atoms in total. The maximum atomic E-state index is 6.12. The van der Waals surface area contributed by atoms with Gasteiger partial charge in [0, 0.05) is 5.02 Å². The maximum Gasteiger partial charge on any atom is 0.0838 e. The van der Waals surface area contributed by atoms with E-state index in [9.17, 15) is 0 Å². The van der Waals surface area contributed by atoms with Crippen molar-refractivity contribution in [3.05, 3.63) is 44.9 Å². The molecule has 0 aliphatic rings. The molecule has 0 aliphatic heterocycles. The van der Waals surface area contributed by atoms with Crippen molar-refractivity contribution in [2.45, 2.75) is 19.9 Å². The quantitative estimate of drug-likeness (QED) is 0.663. The van der Waals surface area contributed by atoms with Crippen LogP contribution in [0.2, 0.25) is 5.02 Å². The van der Waals surface area contributed by atoms with E-state index in [1.165, 1.54) is 11.5 Å². The smallest absolute Gasteiger partial charge is 0.0838 e. The van der Waals surface area contributed by atoms with Gasteiger partial charge in [-0.1, -0.05) is 28.2 Å². The third kappa shape index (κ3) is 2.47. The molecule has 90 valence electrons. The molecule has 1 aromatic heterocycles. The van der Waals surface area contributed by atoms with Gasteiger partial charge in [0.05, 0.1) is 16.6 Å². The molecule has 1 heterocycles. The van der Waals surface area contributed by atoms with E-state index in [0.29, 0.717) is 0 Å². The zero-order chi connectivity index (χ0) is 12.4. The van der Waals surface area contributed by atoms with Gasteiger partial charge in [0.15, 0.2) is 0 Å². The van der Waals surface area contributed by atoms with Crippen molar-refractivity contribution in [3.8, 4) is 0 Å². The van der Waals surface area contributed by atoms with E-state index in [1.807, 2.05) is 32.0 Å². The molecule has 1 unspecified atom stereocenters. The van der Waals surface area contributed by atoms with Crippen LogP contribution in [0.25, 0.3) is 0 Å². The fraction of sp³-hybridized carbons (Fsp3) is 0.273. The van der Waals surface area contributed by atoms with Crippen LogP contribution in [0.4, 0.5) is 0 Å². The van der Waals surface area contributed by atoms with Gasteiger partial charge in [-0.25, -0.2) is 5.43 Å². The third-order valence-corrected chi connectivity index (χ3v) is 3.94. The van der Waals surface area contributed by atoms with Crippen LogP contribution in [0, 0.1) is 13.8 Å². The summed E-state index contributed by atoms with van der Waals surface area (Å²) >= 11 is 7.46. The highest BCUT2D eigenvalue weighted by Gasteiger charge is 2.18. The largest absolute Gasteiger partial charge is 0.271 e. The van der Waals surface area contributed by atoms with E-state index in [1.54, 1.807) is 0 Å². The number of hydrogen-bond donors (Lipinski definition) is 2. The second-order valence-electron chi connectivity index (χ2n) is 3.83. The van der Waals surface area contributed by atoms with E-state index < -0.39 is 0 Å². The van der Waals surface area contributed by atoms with Crippen LogP contribution < -0.4 is 11.3 Å². The standard InChI is InChI=1S/C11H13ClN4S/c1-6-3-4-8(5-9(6)12)10(14-13)11-7(2)15-16-17-11/h3-5,10,14H,13H2,1-2H3. The zero-order valence-corrected chi connectivity index (χ0v) is 11.1. The first-order chi connectivity index (χ1) is 8.13. The Labute approximate surface area is 109 Å². The molecule has 0 saturated heterocycles. The molecule has 0 radical (unpaired) electrons. The van der Waals surface area contributed by atoms with Crippen LogP contribution >= 0.6 is 23.1 Å². The Morgan fingerprint density at radius 1 is 1.41 bits per heavy atom. The molecule has 0 aliphatic carbocycles. The lowest BCUT2D eigenvalue weighted by molar-refractivity contribution is 0.642. The Hall–Kier alpha value is -1.01. The summed E-state index contributed by atoms with van der Waals surface area (Å²) in [4.78, 5) is 1.01. The van der Waals surface area contributed by atoms with Gasteiger partial charge in [0.1, 0.15) is 0 Å². The average Bonchev–Trinajstić information content (AvgIpc) is 2.71. The van der Waals surface area contributed by atoms with Gasteiger partial charge < -0.3 is 0 Å². The fourth-order valence-corrected chi connectivity index (χ4v) is 2.54. The minimum atomic E-state index is -0.118. The van der Waals surface area contributed by atoms with Crippen molar-refractivity contribution in [1.82, 2.24) is 15.0 Å². The summed E-state index contributed by atoms with van der Waals surface area (Å²) in [5.74, 6) is 5.61. The zero-order valence-electron chi connectivity index (χ0n) is 9.57. The van der Waals surface area contributed by atoms with Gasteiger partial charge >= 0.3 is 0 Å². The normalized spacial score (nSPS) is 12.7. The highest BCUT2D eigenvalue weighted by atomic mass is 35.5. The van der Waals surface area contributed by atoms with Crippen molar-refractivity contribution < 1.29 is 0 Å².